The highest BCUT2D eigenvalue weighted by molar-refractivity contribution is 7.98. The maximum absolute atomic E-state index is 13.1. The molecule has 3 aromatic rings. The van der Waals surface area contributed by atoms with Crippen LogP contribution in [0.4, 0.5) is 5.00 Å². The minimum atomic E-state index is -0.654. The molecule has 0 saturated heterocycles. The lowest BCUT2D eigenvalue weighted by Gasteiger charge is -2.16. The fraction of sp³-hybridized carbons (Fsp3) is 0.300. The van der Waals surface area contributed by atoms with E-state index >= 15 is 0 Å². The molecule has 0 aliphatic carbocycles. The SMILES string of the molecule is COC(=O)c1sc(N)c(C(=O)OC)c1CSc1nc2cc(Cl)ccc2c(=O)n1C(C)C. The molecule has 0 bridgehead atoms. The summed E-state index contributed by atoms with van der Waals surface area (Å²) in [5.41, 5.74) is 6.74. The summed E-state index contributed by atoms with van der Waals surface area (Å²) >= 11 is 8.23. The zero-order valence-corrected chi connectivity index (χ0v) is 19.6. The summed E-state index contributed by atoms with van der Waals surface area (Å²) in [5, 5.41) is 1.49. The average Bonchev–Trinajstić information content (AvgIpc) is 3.06. The number of hydrogen-bond acceptors (Lipinski definition) is 9. The van der Waals surface area contributed by atoms with Crippen LogP contribution < -0.4 is 11.3 Å². The maximum Gasteiger partial charge on any atom is 0.348 e. The molecule has 3 rings (SSSR count). The summed E-state index contributed by atoms with van der Waals surface area (Å²) in [7, 11) is 2.48. The predicted molar refractivity (Wildman–Crippen MR) is 122 cm³/mol. The molecule has 11 heteroatoms. The Morgan fingerprint density at radius 2 is 1.94 bits per heavy atom. The summed E-state index contributed by atoms with van der Waals surface area (Å²) in [6.07, 6.45) is 0. The molecule has 2 aromatic heterocycles. The zero-order chi connectivity index (χ0) is 22.9. The number of aromatic nitrogens is 2. The first kappa shape index (κ1) is 23.1. The number of rotatable bonds is 6. The molecule has 0 spiro atoms. The van der Waals surface area contributed by atoms with Crippen LogP contribution in [-0.2, 0) is 15.2 Å². The highest BCUT2D eigenvalue weighted by Crippen LogP contribution is 2.36. The van der Waals surface area contributed by atoms with Crippen LogP contribution in [0.15, 0.2) is 28.2 Å². The van der Waals surface area contributed by atoms with Crippen LogP contribution in [0.5, 0.6) is 0 Å². The molecule has 0 unspecified atom stereocenters. The maximum atomic E-state index is 13.1. The molecule has 0 radical (unpaired) electrons. The summed E-state index contributed by atoms with van der Waals surface area (Å²) in [4.78, 5) is 42.4. The standard InChI is InChI=1S/C20H20ClN3O5S2/c1-9(2)24-17(25)11-6-5-10(21)7-13(11)23-20(24)30-8-12-14(18(26)28-3)16(22)31-15(12)19(27)29-4/h5-7,9H,8,22H2,1-4H3. The highest BCUT2D eigenvalue weighted by Gasteiger charge is 2.28. The van der Waals surface area contributed by atoms with Crippen LogP contribution >= 0.6 is 34.7 Å². The van der Waals surface area contributed by atoms with Crippen molar-refractivity contribution >= 4 is 62.5 Å². The van der Waals surface area contributed by atoms with Crippen LogP contribution in [-0.4, -0.2) is 35.7 Å². The van der Waals surface area contributed by atoms with Gasteiger partial charge in [0.2, 0.25) is 0 Å². The molecule has 8 nitrogen and oxygen atoms in total. The molecule has 0 aliphatic heterocycles. The van der Waals surface area contributed by atoms with Gasteiger partial charge in [0.05, 0.1) is 30.7 Å². The van der Waals surface area contributed by atoms with Crippen molar-refractivity contribution in [3.8, 4) is 0 Å². The number of halogens is 1. The number of carbonyl (C=O) groups is 2. The molecule has 2 N–H and O–H groups in total. The lowest BCUT2D eigenvalue weighted by Crippen LogP contribution is -2.25. The molecule has 31 heavy (non-hydrogen) atoms. The van der Waals surface area contributed by atoms with Crippen molar-refractivity contribution in [2.24, 2.45) is 0 Å². The van der Waals surface area contributed by atoms with Crippen molar-refractivity contribution in [3.63, 3.8) is 0 Å². The molecule has 0 atom stereocenters. The van der Waals surface area contributed by atoms with Gasteiger partial charge < -0.3 is 15.2 Å². The number of nitrogens with zero attached hydrogens (tertiary/aromatic N) is 2. The smallest absolute Gasteiger partial charge is 0.348 e. The Kier molecular flexibility index (Phi) is 6.93. The Labute approximate surface area is 191 Å². The monoisotopic (exact) mass is 481 g/mol. The van der Waals surface area contributed by atoms with E-state index in [2.05, 4.69) is 4.98 Å². The van der Waals surface area contributed by atoms with Gasteiger partial charge in [-0.25, -0.2) is 14.6 Å². The minimum absolute atomic E-state index is 0.114. The second kappa shape index (κ2) is 9.29. The molecule has 164 valence electrons. The number of nitrogen functional groups attached to an aromatic ring is 1. The number of esters is 2. The number of carbonyl (C=O) groups excluding carboxylic acids is 2. The highest BCUT2D eigenvalue weighted by atomic mass is 35.5. The van der Waals surface area contributed by atoms with Crippen molar-refractivity contribution in [1.82, 2.24) is 9.55 Å². The number of benzene rings is 1. The molecular formula is C20H20ClN3O5S2. The number of nitrogens with two attached hydrogens (primary N) is 1. The lowest BCUT2D eigenvalue weighted by molar-refractivity contribution is 0.0601. The first-order valence-corrected chi connectivity index (χ1v) is 11.3. The fourth-order valence-corrected chi connectivity index (χ4v) is 5.46. The van der Waals surface area contributed by atoms with E-state index in [1.54, 1.807) is 22.8 Å². The third kappa shape index (κ3) is 4.41. The van der Waals surface area contributed by atoms with E-state index in [0.717, 1.165) is 11.3 Å². The zero-order valence-electron chi connectivity index (χ0n) is 17.2. The first-order valence-electron chi connectivity index (χ1n) is 9.11. The van der Waals surface area contributed by atoms with Crippen molar-refractivity contribution in [2.45, 2.75) is 30.8 Å². The summed E-state index contributed by atoms with van der Waals surface area (Å²) < 4.78 is 11.2. The lowest BCUT2D eigenvalue weighted by atomic mass is 10.1. The Hall–Kier alpha value is -2.56. The Morgan fingerprint density at radius 1 is 1.26 bits per heavy atom. The largest absolute Gasteiger partial charge is 0.465 e. The van der Waals surface area contributed by atoms with Gasteiger partial charge in [0.1, 0.15) is 9.88 Å². The third-order valence-corrected chi connectivity index (χ3v) is 6.74. The second-order valence-electron chi connectivity index (χ2n) is 6.75. The number of hydrogen-bond donors (Lipinski definition) is 1. The second-order valence-corrected chi connectivity index (χ2v) is 9.18. The van der Waals surface area contributed by atoms with E-state index in [1.807, 2.05) is 13.8 Å². The Morgan fingerprint density at radius 3 is 2.55 bits per heavy atom. The molecular weight excluding hydrogens is 462 g/mol. The Balaban J connectivity index is 2.12. The van der Waals surface area contributed by atoms with Crippen LogP contribution in [0, 0.1) is 0 Å². The van der Waals surface area contributed by atoms with Crippen molar-refractivity contribution in [1.29, 1.82) is 0 Å². The van der Waals surface area contributed by atoms with Gasteiger partial charge in [-0.05, 0) is 32.0 Å². The topological polar surface area (TPSA) is 114 Å². The molecule has 0 aliphatic rings. The van der Waals surface area contributed by atoms with E-state index in [9.17, 15) is 14.4 Å². The third-order valence-electron chi connectivity index (χ3n) is 4.49. The van der Waals surface area contributed by atoms with Gasteiger partial charge in [0.25, 0.3) is 5.56 Å². The van der Waals surface area contributed by atoms with E-state index in [0.29, 0.717) is 26.6 Å². The number of methoxy groups -OCH3 is 2. The number of thiophene rings is 1. The molecule has 0 fully saturated rings. The quantitative estimate of drug-likeness (QED) is 0.317. The van der Waals surface area contributed by atoms with E-state index in [-0.39, 0.29) is 32.8 Å². The van der Waals surface area contributed by atoms with E-state index in [1.165, 1.54) is 26.0 Å². The summed E-state index contributed by atoms with van der Waals surface area (Å²) in [5.74, 6) is -1.12. The Bertz CT molecular complexity index is 1240. The number of thioether (sulfide) groups is 1. The van der Waals surface area contributed by atoms with Crippen molar-refractivity contribution in [3.05, 3.63) is 49.6 Å². The van der Waals surface area contributed by atoms with Crippen LogP contribution in [0.25, 0.3) is 10.9 Å². The van der Waals surface area contributed by atoms with Gasteiger partial charge in [-0.15, -0.1) is 11.3 Å². The summed E-state index contributed by atoms with van der Waals surface area (Å²) in [6, 6.07) is 4.74. The van der Waals surface area contributed by atoms with E-state index in [4.69, 9.17) is 26.8 Å². The normalized spacial score (nSPS) is 11.2. The first-order chi connectivity index (χ1) is 14.7. The van der Waals surface area contributed by atoms with Gasteiger partial charge in [-0.3, -0.25) is 9.36 Å². The molecule has 0 saturated carbocycles. The van der Waals surface area contributed by atoms with Gasteiger partial charge in [-0.1, -0.05) is 23.4 Å². The van der Waals surface area contributed by atoms with E-state index < -0.39 is 11.9 Å². The van der Waals surface area contributed by atoms with Crippen LogP contribution in [0.1, 0.15) is 45.5 Å². The molecule has 0 amide bonds. The van der Waals surface area contributed by atoms with Crippen LogP contribution in [0.3, 0.4) is 0 Å². The van der Waals surface area contributed by atoms with Gasteiger partial charge in [-0.2, -0.15) is 0 Å². The average molecular weight is 482 g/mol. The van der Waals surface area contributed by atoms with Gasteiger partial charge in [0, 0.05) is 22.4 Å². The molecule has 2 heterocycles. The van der Waals surface area contributed by atoms with Crippen molar-refractivity contribution < 1.29 is 19.1 Å². The van der Waals surface area contributed by atoms with Crippen molar-refractivity contribution in [2.75, 3.05) is 20.0 Å². The number of fused-ring (bicyclic) bond motifs is 1. The summed E-state index contributed by atoms with van der Waals surface area (Å²) in [6.45, 7) is 3.74. The number of anilines is 1. The van der Waals surface area contributed by atoms with Gasteiger partial charge in [0.15, 0.2) is 5.16 Å². The predicted octanol–water partition coefficient (Wildman–Crippen LogP) is 4.14. The molecule has 1 aromatic carbocycles. The minimum Gasteiger partial charge on any atom is -0.465 e. The van der Waals surface area contributed by atoms with Gasteiger partial charge >= 0.3 is 11.9 Å². The van der Waals surface area contributed by atoms with Crippen LogP contribution in [0.2, 0.25) is 5.02 Å². The fourth-order valence-electron chi connectivity index (χ4n) is 3.05. The number of ether oxygens (including phenoxy) is 2.